The molecule has 1 aromatic heterocycles. The number of sulfonamides is 1. The molecule has 3 aromatic rings. The fraction of sp³-hybridized carbons (Fsp3) is 0.227. The van der Waals surface area contributed by atoms with E-state index < -0.39 is 10.0 Å². The Morgan fingerprint density at radius 1 is 0.966 bits per heavy atom. The van der Waals surface area contributed by atoms with Crippen LogP contribution < -0.4 is 10.0 Å². The average Bonchev–Trinajstić information content (AvgIpc) is 3.28. The zero-order valence-corrected chi connectivity index (χ0v) is 16.7. The summed E-state index contributed by atoms with van der Waals surface area (Å²) in [7, 11) is -3.58. The summed E-state index contributed by atoms with van der Waals surface area (Å²) in [5, 5.41) is 2.73. The predicted octanol–water partition coefficient (Wildman–Crippen LogP) is 3.89. The number of aryl methyl sites for hydroxylation is 2. The lowest BCUT2D eigenvalue weighted by Crippen LogP contribution is -2.23. The third kappa shape index (κ3) is 4.58. The van der Waals surface area contributed by atoms with Crippen molar-refractivity contribution in [3.8, 4) is 0 Å². The van der Waals surface area contributed by atoms with E-state index >= 15 is 0 Å². The monoisotopic (exact) mass is 410 g/mol. The van der Waals surface area contributed by atoms with E-state index in [2.05, 4.69) is 10.0 Å². The third-order valence-corrected chi connectivity index (χ3v) is 6.45. The summed E-state index contributed by atoms with van der Waals surface area (Å²) in [6.07, 6.45) is 5.66. The van der Waals surface area contributed by atoms with Crippen LogP contribution in [0.1, 0.15) is 40.1 Å². The van der Waals surface area contributed by atoms with Crippen molar-refractivity contribution in [3.05, 3.63) is 83.3 Å². The van der Waals surface area contributed by atoms with Gasteiger partial charge in [-0.25, -0.2) is 13.1 Å². The molecular weight excluding hydrogens is 388 g/mol. The number of amides is 1. The summed E-state index contributed by atoms with van der Waals surface area (Å²) in [6, 6.07) is 15.6. The molecule has 0 saturated carbocycles. The van der Waals surface area contributed by atoms with E-state index in [1.165, 1.54) is 11.8 Å². The number of rotatable bonds is 6. The Kier molecular flexibility index (Phi) is 5.51. The molecule has 0 saturated heterocycles. The molecule has 6 nitrogen and oxygen atoms in total. The summed E-state index contributed by atoms with van der Waals surface area (Å²) >= 11 is 0. The molecule has 29 heavy (non-hydrogen) atoms. The van der Waals surface area contributed by atoms with Gasteiger partial charge in [0.05, 0.1) is 11.2 Å². The molecule has 0 spiro atoms. The third-order valence-electron chi connectivity index (χ3n) is 5.05. The van der Waals surface area contributed by atoms with E-state index in [4.69, 9.17) is 4.42 Å². The first-order valence-electron chi connectivity index (χ1n) is 9.56. The molecule has 0 radical (unpaired) electrons. The molecule has 4 rings (SSSR count). The van der Waals surface area contributed by atoms with E-state index in [0.29, 0.717) is 10.6 Å². The number of benzene rings is 2. The molecule has 0 aliphatic heterocycles. The van der Waals surface area contributed by atoms with Crippen molar-refractivity contribution in [2.45, 2.75) is 37.1 Å². The van der Waals surface area contributed by atoms with Crippen LogP contribution in [0.4, 0.5) is 5.69 Å². The van der Waals surface area contributed by atoms with Gasteiger partial charge < -0.3 is 9.73 Å². The van der Waals surface area contributed by atoms with E-state index in [1.807, 2.05) is 6.07 Å². The number of carbonyl (C=O) groups excluding carboxylic acids is 1. The number of hydrogen-bond acceptors (Lipinski definition) is 4. The van der Waals surface area contributed by atoms with Crippen molar-refractivity contribution >= 4 is 21.6 Å². The maximum atomic E-state index is 12.7. The molecule has 1 amide bonds. The second-order valence-corrected chi connectivity index (χ2v) is 8.86. The fourth-order valence-electron chi connectivity index (χ4n) is 3.45. The van der Waals surface area contributed by atoms with Crippen LogP contribution in [0, 0.1) is 0 Å². The highest BCUT2D eigenvalue weighted by molar-refractivity contribution is 7.89. The van der Waals surface area contributed by atoms with Crippen LogP contribution in [0.5, 0.6) is 0 Å². The van der Waals surface area contributed by atoms with Gasteiger partial charge in [-0.1, -0.05) is 18.2 Å². The van der Waals surface area contributed by atoms with Crippen molar-refractivity contribution in [1.29, 1.82) is 0 Å². The Morgan fingerprint density at radius 2 is 1.72 bits per heavy atom. The molecule has 1 heterocycles. The average molecular weight is 410 g/mol. The van der Waals surface area contributed by atoms with Gasteiger partial charge in [0.2, 0.25) is 10.0 Å². The molecule has 1 aliphatic carbocycles. The number of furan rings is 1. The minimum absolute atomic E-state index is 0.172. The van der Waals surface area contributed by atoms with Crippen LogP contribution in [0.25, 0.3) is 0 Å². The van der Waals surface area contributed by atoms with Gasteiger partial charge >= 0.3 is 0 Å². The number of hydrogen-bond donors (Lipinski definition) is 2. The molecule has 7 heteroatoms. The van der Waals surface area contributed by atoms with Crippen LogP contribution in [-0.4, -0.2) is 14.3 Å². The lowest BCUT2D eigenvalue weighted by Gasteiger charge is -2.16. The molecule has 2 N–H and O–H groups in total. The number of fused-ring (bicyclic) bond motifs is 1. The molecule has 2 aromatic carbocycles. The largest absolute Gasteiger partial charge is 0.459 e. The first kappa shape index (κ1) is 19.4. The maximum Gasteiger partial charge on any atom is 0.291 e. The van der Waals surface area contributed by atoms with Gasteiger partial charge in [0.1, 0.15) is 0 Å². The molecule has 1 aliphatic rings. The van der Waals surface area contributed by atoms with Crippen molar-refractivity contribution in [2.75, 3.05) is 5.32 Å². The van der Waals surface area contributed by atoms with Gasteiger partial charge in [-0.3, -0.25) is 4.79 Å². The standard InChI is InChI=1S/C22H22N2O4S/c25-22(21-6-3-13-28-21)24-19-10-7-16(8-11-19)15-23-29(26,27)20-12-9-17-4-1-2-5-18(17)14-20/h3,6-14,23H,1-2,4-5,15H2,(H,24,25). The van der Waals surface area contributed by atoms with Gasteiger partial charge in [0.15, 0.2) is 5.76 Å². The maximum absolute atomic E-state index is 12.7. The van der Waals surface area contributed by atoms with Crippen LogP contribution in [0.15, 0.2) is 70.2 Å². The number of carbonyl (C=O) groups is 1. The number of anilines is 1. The van der Waals surface area contributed by atoms with Gasteiger partial charge in [0.25, 0.3) is 5.91 Å². The summed E-state index contributed by atoms with van der Waals surface area (Å²) in [4.78, 5) is 12.3. The highest BCUT2D eigenvalue weighted by Crippen LogP contribution is 2.24. The van der Waals surface area contributed by atoms with Crippen molar-refractivity contribution in [1.82, 2.24) is 4.72 Å². The van der Waals surface area contributed by atoms with Crippen LogP contribution in [0.2, 0.25) is 0 Å². The van der Waals surface area contributed by atoms with Crippen LogP contribution in [0.3, 0.4) is 0 Å². The highest BCUT2D eigenvalue weighted by atomic mass is 32.2. The molecule has 0 atom stereocenters. The van der Waals surface area contributed by atoms with Crippen molar-refractivity contribution in [3.63, 3.8) is 0 Å². The Balaban J connectivity index is 1.38. The van der Waals surface area contributed by atoms with Crippen molar-refractivity contribution < 1.29 is 17.6 Å². The molecule has 0 unspecified atom stereocenters. The summed E-state index contributed by atoms with van der Waals surface area (Å²) in [5.74, 6) is -0.109. The molecule has 0 bridgehead atoms. The Hall–Kier alpha value is -2.90. The van der Waals surface area contributed by atoms with E-state index in [9.17, 15) is 13.2 Å². The molecular formula is C22H22N2O4S. The SMILES string of the molecule is O=C(Nc1ccc(CNS(=O)(=O)c2ccc3c(c2)CCCC3)cc1)c1ccco1. The Bertz CT molecular complexity index is 1100. The minimum Gasteiger partial charge on any atom is -0.459 e. The Morgan fingerprint density at radius 3 is 2.45 bits per heavy atom. The van der Waals surface area contributed by atoms with E-state index in [1.54, 1.807) is 48.5 Å². The van der Waals surface area contributed by atoms with E-state index in [-0.39, 0.29) is 18.2 Å². The predicted molar refractivity (Wildman–Crippen MR) is 110 cm³/mol. The first-order valence-corrected chi connectivity index (χ1v) is 11.0. The summed E-state index contributed by atoms with van der Waals surface area (Å²) in [5.41, 5.74) is 3.79. The lowest BCUT2D eigenvalue weighted by molar-refractivity contribution is 0.0996. The topological polar surface area (TPSA) is 88.4 Å². The quantitative estimate of drug-likeness (QED) is 0.645. The van der Waals surface area contributed by atoms with Gasteiger partial charge in [-0.2, -0.15) is 0 Å². The molecule has 0 fully saturated rings. The van der Waals surface area contributed by atoms with E-state index in [0.717, 1.165) is 36.8 Å². The van der Waals surface area contributed by atoms with Crippen LogP contribution in [-0.2, 0) is 29.4 Å². The zero-order chi connectivity index (χ0) is 20.3. The fourth-order valence-corrected chi connectivity index (χ4v) is 4.51. The normalized spacial score (nSPS) is 13.7. The second-order valence-electron chi connectivity index (χ2n) is 7.09. The smallest absolute Gasteiger partial charge is 0.291 e. The first-order chi connectivity index (χ1) is 14.0. The summed E-state index contributed by atoms with van der Waals surface area (Å²) in [6.45, 7) is 0.172. The van der Waals surface area contributed by atoms with Gasteiger partial charge in [0, 0.05) is 12.2 Å². The molecule has 150 valence electrons. The summed E-state index contributed by atoms with van der Waals surface area (Å²) < 4.78 is 33.0. The van der Waals surface area contributed by atoms with Gasteiger partial charge in [-0.15, -0.1) is 0 Å². The van der Waals surface area contributed by atoms with Gasteiger partial charge in [-0.05, 0) is 78.8 Å². The number of nitrogens with one attached hydrogen (secondary N) is 2. The Labute approximate surface area is 170 Å². The lowest BCUT2D eigenvalue weighted by atomic mass is 9.92. The van der Waals surface area contributed by atoms with Crippen LogP contribution >= 0.6 is 0 Å². The highest BCUT2D eigenvalue weighted by Gasteiger charge is 2.17. The zero-order valence-electron chi connectivity index (χ0n) is 15.9. The minimum atomic E-state index is -3.58. The second kappa shape index (κ2) is 8.23. The van der Waals surface area contributed by atoms with Crippen molar-refractivity contribution in [2.24, 2.45) is 0 Å².